The first-order valence-electron chi connectivity index (χ1n) is 10.4. The van der Waals surface area contributed by atoms with Crippen LogP contribution in [-0.2, 0) is 39.1 Å². The molecule has 0 aliphatic heterocycles. The van der Waals surface area contributed by atoms with Gasteiger partial charge in [-0.1, -0.05) is 46.3 Å². The van der Waals surface area contributed by atoms with Gasteiger partial charge in [-0.2, -0.15) is 0 Å². The van der Waals surface area contributed by atoms with E-state index in [0.29, 0.717) is 0 Å². The van der Waals surface area contributed by atoms with E-state index in [-0.39, 0.29) is 29.3 Å². The highest BCUT2D eigenvalue weighted by atomic mass is 127. The number of allylic oxidation sites excluding steroid dienone is 2. The number of hydrogen-bond acceptors (Lipinski definition) is 11. The molecule has 0 saturated heterocycles. The number of H-pyrrole nitrogens is 1. The molecule has 0 amide bonds. The average Bonchev–Trinajstić information content (AvgIpc) is 2.76. The van der Waals surface area contributed by atoms with Crippen LogP contribution in [0.1, 0.15) is 33.3 Å². The van der Waals surface area contributed by atoms with Crippen LogP contribution in [0.5, 0.6) is 0 Å². The van der Waals surface area contributed by atoms with Crippen molar-refractivity contribution in [2.75, 3.05) is 19.7 Å². The van der Waals surface area contributed by atoms with Crippen molar-refractivity contribution in [1.82, 2.24) is 9.55 Å². The Bertz CT molecular complexity index is 1080. The number of hydrogen-bond donors (Lipinski definition) is 1. The summed E-state index contributed by atoms with van der Waals surface area (Å²) < 4.78 is 44.4. The van der Waals surface area contributed by atoms with Crippen LogP contribution >= 0.6 is 41.8 Å². The molecule has 1 heterocycles. The molecule has 36 heavy (non-hydrogen) atoms. The summed E-state index contributed by atoms with van der Waals surface area (Å²) in [6.45, 7) is 5.75. The van der Waals surface area contributed by atoms with Gasteiger partial charge in [0.2, 0.25) is 0 Å². The number of carbonyl (C=O) groups is 2. The number of rotatable bonds is 13. The number of halogens is 2. The van der Waals surface area contributed by atoms with E-state index >= 15 is 0 Å². The monoisotopic (exact) mass is 664 g/mol. The van der Waals surface area contributed by atoms with Crippen molar-refractivity contribution < 1.29 is 42.1 Å². The van der Waals surface area contributed by atoms with Crippen LogP contribution in [0.2, 0.25) is 0 Å². The van der Waals surface area contributed by atoms with E-state index < -0.39 is 50.9 Å². The third-order valence-electron chi connectivity index (χ3n) is 3.75. The first-order chi connectivity index (χ1) is 16.9. The van der Waals surface area contributed by atoms with Crippen molar-refractivity contribution in [1.29, 1.82) is 0 Å². The summed E-state index contributed by atoms with van der Waals surface area (Å²) in [7, 11) is -4.45. The Balaban J connectivity index is 2.94. The zero-order chi connectivity index (χ0) is 27.3. The molecule has 0 aliphatic rings. The predicted molar refractivity (Wildman–Crippen MR) is 138 cm³/mol. The lowest BCUT2D eigenvalue weighted by Gasteiger charge is -2.17. The van der Waals surface area contributed by atoms with Gasteiger partial charge in [0.25, 0.3) is 5.56 Å². The molecule has 1 aromatic rings. The van der Waals surface area contributed by atoms with Gasteiger partial charge in [0.15, 0.2) is 13.6 Å². The fourth-order valence-electron chi connectivity index (χ4n) is 2.08. The van der Waals surface area contributed by atoms with Gasteiger partial charge < -0.3 is 28.0 Å². The van der Waals surface area contributed by atoms with Gasteiger partial charge in [-0.15, -0.1) is 0 Å². The normalized spacial score (nSPS) is 12.3. The summed E-state index contributed by atoms with van der Waals surface area (Å²) in [5.74, 6) is 0. The fraction of sp³-hybridized carbons (Fsp3) is 0.500. The van der Waals surface area contributed by atoms with E-state index in [0.717, 1.165) is 4.57 Å². The quantitative estimate of drug-likeness (QED) is 0.105. The van der Waals surface area contributed by atoms with Gasteiger partial charge in [-0.25, -0.2) is 18.9 Å². The van der Waals surface area contributed by atoms with Crippen molar-refractivity contribution in [3.05, 3.63) is 48.8 Å². The first-order valence-corrected chi connectivity index (χ1v) is 13.7. The molecular weight excluding hydrogens is 638 g/mol. The molecule has 0 unspecified atom stereocenters. The minimum atomic E-state index is -4.45. The second kappa shape index (κ2) is 15.9. The van der Waals surface area contributed by atoms with E-state index in [4.69, 9.17) is 30.1 Å². The highest BCUT2D eigenvalue weighted by Crippen LogP contribution is 2.49. The Labute approximate surface area is 225 Å². The van der Waals surface area contributed by atoms with Crippen LogP contribution in [0.25, 0.3) is 5.03 Å². The lowest BCUT2D eigenvalue weighted by atomic mass is 10.3. The molecule has 0 bridgehead atoms. The predicted octanol–water partition coefficient (Wildman–Crippen LogP) is 4.33. The minimum absolute atomic E-state index is 0.0640. The maximum Gasteiger partial charge on any atom is 0.517 e. The summed E-state index contributed by atoms with van der Waals surface area (Å²) in [4.78, 5) is 49.9. The first kappa shape index (κ1) is 31.9. The number of nitrogens with zero attached hydrogens (tertiary/aromatic N) is 1. The molecule has 1 rings (SSSR count). The largest absolute Gasteiger partial charge is 0.517 e. The van der Waals surface area contributed by atoms with Crippen LogP contribution in [0.3, 0.4) is 0 Å². The van der Waals surface area contributed by atoms with Gasteiger partial charge >= 0.3 is 25.6 Å². The van der Waals surface area contributed by atoms with Crippen molar-refractivity contribution >= 4 is 59.1 Å². The Morgan fingerprint density at radius 3 is 2.06 bits per heavy atom. The van der Waals surface area contributed by atoms with Gasteiger partial charge in [0, 0.05) is 12.7 Å². The number of nitrogens with one attached hydrogen (secondary N) is 1. The molecule has 202 valence electrons. The van der Waals surface area contributed by atoms with Crippen molar-refractivity contribution in [3.8, 4) is 0 Å². The molecule has 13 nitrogen and oxygen atoms in total. The standard InChI is InChI=1S/C20H27ClIN2O11P/c1-13(2)30-11-32-19(27)34-36(29,35-20(28)33-12-31-14(3)4)8-6-5-7-24-10-15(16(21)9-22)17(25)23-18(24)26/h5-6,9-10,13-14H,7-8,11-12H2,1-4H3,(H,23,25,26)/b6-5+,16-9-. The van der Waals surface area contributed by atoms with Crippen LogP contribution < -0.4 is 11.2 Å². The molecule has 0 aliphatic carbocycles. The summed E-state index contributed by atoms with van der Waals surface area (Å²) in [6, 6.07) is 0. The Hall–Kier alpha value is -2.13. The van der Waals surface area contributed by atoms with Crippen LogP contribution in [0.4, 0.5) is 9.59 Å². The molecular formula is C20H27ClIN2O11P. The highest BCUT2D eigenvalue weighted by Gasteiger charge is 2.33. The third-order valence-corrected chi connectivity index (χ3v) is 6.56. The highest BCUT2D eigenvalue weighted by molar-refractivity contribution is 14.1. The average molecular weight is 665 g/mol. The summed E-state index contributed by atoms with van der Waals surface area (Å²) in [5.41, 5.74) is -1.32. The maximum absolute atomic E-state index is 13.0. The zero-order valence-corrected chi connectivity index (χ0v) is 23.7. The smallest absolute Gasteiger partial charge is 0.407 e. The number of aromatic nitrogens is 2. The molecule has 16 heteroatoms. The van der Waals surface area contributed by atoms with Crippen LogP contribution in [-0.4, -0.2) is 53.8 Å². The zero-order valence-electron chi connectivity index (χ0n) is 19.9. The number of ether oxygens (including phenoxy) is 4. The van der Waals surface area contributed by atoms with E-state index in [1.165, 1.54) is 22.4 Å². The van der Waals surface area contributed by atoms with Crippen molar-refractivity contribution in [2.45, 2.75) is 46.4 Å². The fourth-order valence-corrected chi connectivity index (χ4v) is 3.70. The van der Waals surface area contributed by atoms with Gasteiger partial charge in [-0.3, -0.25) is 14.3 Å². The van der Waals surface area contributed by atoms with Gasteiger partial charge in [0.05, 0.1) is 29.0 Å². The summed E-state index contributed by atoms with van der Waals surface area (Å²) in [6.07, 6.45) is -0.0344. The summed E-state index contributed by atoms with van der Waals surface area (Å²) in [5, 5.41) is 0.126. The summed E-state index contributed by atoms with van der Waals surface area (Å²) >= 11 is 7.81. The Morgan fingerprint density at radius 1 is 1.06 bits per heavy atom. The molecule has 0 aromatic carbocycles. The number of carbonyl (C=O) groups excluding carboxylic acids is 2. The van der Waals surface area contributed by atoms with E-state index in [1.54, 1.807) is 27.7 Å². The minimum Gasteiger partial charge on any atom is -0.407 e. The van der Waals surface area contributed by atoms with E-state index in [2.05, 4.69) is 14.5 Å². The molecule has 0 fully saturated rings. The number of aromatic amines is 1. The molecule has 1 aromatic heterocycles. The van der Waals surface area contributed by atoms with Crippen LogP contribution in [0, 0.1) is 0 Å². The molecule has 0 saturated carbocycles. The topological polar surface area (TPSA) is 161 Å². The third kappa shape index (κ3) is 12.2. The van der Waals surface area contributed by atoms with Gasteiger partial charge in [0.1, 0.15) is 0 Å². The SMILES string of the molecule is CC(C)OCOC(=O)OP(=O)(C/C=C/Cn1cc(/C(Cl)=C/I)c(=O)[nH]c1=O)OC(=O)OCOC(C)C. The lowest BCUT2D eigenvalue weighted by Crippen LogP contribution is -2.31. The molecule has 0 spiro atoms. The Kier molecular flexibility index (Phi) is 14.1. The van der Waals surface area contributed by atoms with E-state index in [1.807, 2.05) is 22.6 Å². The molecule has 1 N–H and O–H groups in total. The molecule has 0 radical (unpaired) electrons. The van der Waals surface area contributed by atoms with Gasteiger partial charge in [-0.05, 0) is 31.8 Å². The second-order valence-electron chi connectivity index (χ2n) is 7.31. The van der Waals surface area contributed by atoms with Crippen molar-refractivity contribution in [2.24, 2.45) is 0 Å². The van der Waals surface area contributed by atoms with Crippen LogP contribution in [0.15, 0.2) is 32.0 Å². The lowest BCUT2D eigenvalue weighted by molar-refractivity contribution is -0.0602. The second-order valence-corrected chi connectivity index (χ2v) is 10.3. The van der Waals surface area contributed by atoms with Crippen molar-refractivity contribution in [3.63, 3.8) is 0 Å². The Morgan fingerprint density at radius 2 is 1.58 bits per heavy atom. The molecule has 0 atom stereocenters. The van der Waals surface area contributed by atoms with E-state index in [9.17, 15) is 23.7 Å². The maximum atomic E-state index is 13.0.